The monoisotopic (exact) mass is 194 g/mol. The first-order valence-corrected chi connectivity index (χ1v) is 4.27. The number of hydrogen-bond acceptors (Lipinski definition) is 4. The van der Waals surface area contributed by atoms with Gasteiger partial charge in [0.05, 0.1) is 12.7 Å². The zero-order chi connectivity index (χ0) is 8.81. The minimum Gasteiger partial charge on any atom is -0.462 e. The Kier molecular flexibility index (Phi) is 4.35. The fourth-order valence-electron chi connectivity index (χ4n) is 0.857. The number of halogens is 1. The van der Waals surface area contributed by atoms with Crippen molar-refractivity contribution >= 4 is 17.6 Å². The minimum atomic E-state index is -0.410. The molecule has 1 aliphatic rings. The van der Waals surface area contributed by atoms with Crippen LogP contribution in [0.1, 0.15) is 6.42 Å². The molecule has 0 bridgehead atoms. The summed E-state index contributed by atoms with van der Waals surface area (Å²) in [5, 5.41) is 0. The Balaban J connectivity index is 2.09. The van der Waals surface area contributed by atoms with Crippen molar-refractivity contribution in [2.24, 2.45) is 0 Å². The molecule has 0 amide bonds. The first-order chi connectivity index (χ1) is 5.83. The molecule has 70 valence electrons. The molecule has 1 rings (SSSR count). The third-order valence-electron chi connectivity index (χ3n) is 1.51. The van der Waals surface area contributed by atoms with Crippen LogP contribution in [0, 0.1) is 0 Å². The summed E-state index contributed by atoms with van der Waals surface area (Å²) in [4.78, 5) is 10.6. The van der Waals surface area contributed by atoms with E-state index >= 15 is 0 Å². The Bertz CT molecular complexity index is 144. The van der Waals surface area contributed by atoms with Crippen LogP contribution in [0.3, 0.4) is 0 Å². The quantitative estimate of drug-likeness (QED) is 0.486. The summed E-state index contributed by atoms with van der Waals surface area (Å²) < 4.78 is 14.9. The topological polar surface area (TPSA) is 44.8 Å². The van der Waals surface area contributed by atoms with E-state index < -0.39 is 5.97 Å². The molecule has 1 aliphatic heterocycles. The molecular formula is C7H11ClO4. The van der Waals surface area contributed by atoms with E-state index in [2.05, 4.69) is 0 Å². The van der Waals surface area contributed by atoms with Crippen LogP contribution in [0.4, 0.5) is 0 Å². The van der Waals surface area contributed by atoms with Crippen LogP contribution in [-0.2, 0) is 19.0 Å². The highest BCUT2D eigenvalue weighted by Gasteiger charge is 2.15. The fraction of sp³-hybridized carbons (Fsp3) is 0.857. The molecule has 0 radical (unpaired) electrons. The molecule has 0 aromatic heterocycles. The molecule has 0 aromatic carbocycles. The average molecular weight is 195 g/mol. The van der Waals surface area contributed by atoms with Crippen molar-refractivity contribution in [2.75, 3.05) is 25.9 Å². The second kappa shape index (κ2) is 5.35. The van der Waals surface area contributed by atoms with Gasteiger partial charge in [-0.2, -0.15) is 0 Å². The molecule has 0 N–H and O–H groups in total. The number of alkyl halides is 1. The van der Waals surface area contributed by atoms with Gasteiger partial charge in [0.25, 0.3) is 0 Å². The van der Waals surface area contributed by atoms with Crippen LogP contribution in [0.2, 0.25) is 0 Å². The predicted molar refractivity (Wildman–Crippen MR) is 42.0 cm³/mol. The van der Waals surface area contributed by atoms with Crippen LogP contribution in [0.5, 0.6) is 0 Å². The van der Waals surface area contributed by atoms with E-state index in [1.54, 1.807) is 0 Å². The van der Waals surface area contributed by atoms with Gasteiger partial charge in [-0.15, -0.1) is 11.6 Å². The molecule has 4 nitrogen and oxygen atoms in total. The van der Waals surface area contributed by atoms with Gasteiger partial charge in [-0.25, -0.2) is 0 Å². The Labute approximate surface area is 75.7 Å². The molecule has 1 fully saturated rings. The van der Waals surface area contributed by atoms with Gasteiger partial charge >= 0.3 is 5.97 Å². The Morgan fingerprint density at radius 2 is 2.50 bits per heavy atom. The number of carbonyl (C=O) groups excluding carboxylic acids is 1. The second-order valence-electron chi connectivity index (χ2n) is 2.42. The maximum atomic E-state index is 10.6. The first-order valence-electron chi connectivity index (χ1n) is 3.74. The van der Waals surface area contributed by atoms with Gasteiger partial charge in [0, 0.05) is 6.42 Å². The van der Waals surface area contributed by atoms with Gasteiger partial charge in [0.1, 0.15) is 19.3 Å². The van der Waals surface area contributed by atoms with Crippen molar-refractivity contribution in [3.05, 3.63) is 0 Å². The van der Waals surface area contributed by atoms with Gasteiger partial charge in [0.15, 0.2) is 0 Å². The van der Waals surface area contributed by atoms with Crippen LogP contribution >= 0.6 is 11.6 Å². The summed E-state index contributed by atoms with van der Waals surface area (Å²) >= 11 is 5.23. The summed E-state index contributed by atoms with van der Waals surface area (Å²) in [5.74, 6) is -0.518. The molecular weight excluding hydrogens is 184 g/mol. The van der Waals surface area contributed by atoms with Gasteiger partial charge in [-0.3, -0.25) is 4.79 Å². The molecule has 12 heavy (non-hydrogen) atoms. The van der Waals surface area contributed by atoms with Gasteiger partial charge in [0.2, 0.25) is 0 Å². The number of carbonyl (C=O) groups is 1. The fourth-order valence-corrected chi connectivity index (χ4v) is 0.934. The van der Waals surface area contributed by atoms with Crippen LogP contribution in [0.15, 0.2) is 0 Å². The first kappa shape index (κ1) is 9.77. The lowest BCUT2D eigenvalue weighted by atomic mass is 10.3. The van der Waals surface area contributed by atoms with Crippen molar-refractivity contribution < 1.29 is 19.0 Å². The zero-order valence-electron chi connectivity index (χ0n) is 6.62. The number of hydrogen-bond donors (Lipinski definition) is 0. The minimum absolute atomic E-state index is 0.0362. The smallest absolute Gasteiger partial charge is 0.320 e. The van der Waals surface area contributed by atoms with E-state index in [0.29, 0.717) is 6.61 Å². The molecule has 1 atom stereocenters. The number of esters is 1. The average Bonchev–Trinajstić information content (AvgIpc) is 2.16. The Hall–Kier alpha value is -0.320. The molecule has 0 aromatic rings. The number of ether oxygens (including phenoxy) is 3. The molecule has 0 aliphatic carbocycles. The van der Waals surface area contributed by atoms with Crippen molar-refractivity contribution in [1.29, 1.82) is 0 Å². The SMILES string of the molecule is O=C(CCl)OCC1CCOCO1. The molecule has 1 unspecified atom stereocenters. The van der Waals surface area contributed by atoms with E-state index in [0.717, 1.165) is 6.42 Å². The molecule has 1 saturated heterocycles. The Morgan fingerprint density at radius 3 is 3.08 bits per heavy atom. The number of rotatable bonds is 3. The molecule has 0 saturated carbocycles. The van der Waals surface area contributed by atoms with E-state index in [4.69, 9.17) is 25.8 Å². The molecule has 0 spiro atoms. The van der Waals surface area contributed by atoms with Crippen molar-refractivity contribution in [3.8, 4) is 0 Å². The largest absolute Gasteiger partial charge is 0.462 e. The highest BCUT2D eigenvalue weighted by atomic mass is 35.5. The summed E-state index contributed by atoms with van der Waals surface area (Å²) in [6.45, 7) is 1.21. The third-order valence-corrected chi connectivity index (χ3v) is 1.73. The summed E-state index contributed by atoms with van der Waals surface area (Å²) in [7, 11) is 0. The van der Waals surface area contributed by atoms with Crippen LogP contribution in [-0.4, -0.2) is 38.0 Å². The summed E-state index contributed by atoms with van der Waals surface area (Å²) in [6.07, 6.45) is 0.723. The molecule has 1 heterocycles. The van der Waals surface area contributed by atoms with Gasteiger partial charge in [-0.1, -0.05) is 0 Å². The lowest BCUT2D eigenvalue weighted by molar-refractivity contribution is -0.167. The summed E-state index contributed by atoms with van der Waals surface area (Å²) in [6, 6.07) is 0. The zero-order valence-corrected chi connectivity index (χ0v) is 7.38. The summed E-state index contributed by atoms with van der Waals surface area (Å²) in [5.41, 5.74) is 0. The van der Waals surface area contributed by atoms with Crippen molar-refractivity contribution in [2.45, 2.75) is 12.5 Å². The van der Waals surface area contributed by atoms with Crippen molar-refractivity contribution in [3.63, 3.8) is 0 Å². The van der Waals surface area contributed by atoms with Gasteiger partial charge < -0.3 is 14.2 Å². The van der Waals surface area contributed by atoms with E-state index in [-0.39, 0.29) is 25.4 Å². The van der Waals surface area contributed by atoms with E-state index in [1.807, 2.05) is 0 Å². The van der Waals surface area contributed by atoms with Crippen LogP contribution < -0.4 is 0 Å². The highest BCUT2D eigenvalue weighted by molar-refractivity contribution is 6.26. The van der Waals surface area contributed by atoms with Crippen molar-refractivity contribution in [1.82, 2.24) is 0 Å². The Morgan fingerprint density at radius 1 is 1.67 bits per heavy atom. The van der Waals surface area contributed by atoms with E-state index in [1.165, 1.54) is 0 Å². The molecule has 5 heteroatoms. The third kappa shape index (κ3) is 3.38. The van der Waals surface area contributed by atoms with Gasteiger partial charge in [-0.05, 0) is 0 Å². The van der Waals surface area contributed by atoms with E-state index in [9.17, 15) is 4.79 Å². The van der Waals surface area contributed by atoms with Crippen LogP contribution in [0.25, 0.3) is 0 Å². The highest BCUT2D eigenvalue weighted by Crippen LogP contribution is 2.06. The lowest BCUT2D eigenvalue weighted by Gasteiger charge is -2.21. The maximum absolute atomic E-state index is 10.6. The standard InChI is InChI=1S/C7H11ClO4/c8-3-7(9)11-4-6-1-2-10-5-12-6/h6H,1-5H2. The normalized spacial score (nSPS) is 23.6. The predicted octanol–water partition coefficient (Wildman–Crippen LogP) is 0.531. The second-order valence-corrected chi connectivity index (χ2v) is 2.69. The lowest BCUT2D eigenvalue weighted by Crippen LogP contribution is -2.29. The maximum Gasteiger partial charge on any atom is 0.320 e.